The molecule has 0 atom stereocenters. The van der Waals surface area contributed by atoms with Crippen LogP contribution in [0.1, 0.15) is 68.1 Å². The second-order valence-electron chi connectivity index (χ2n) is 7.75. The van der Waals surface area contributed by atoms with Crippen molar-refractivity contribution in [2.75, 3.05) is 31.1 Å². The van der Waals surface area contributed by atoms with Crippen molar-refractivity contribution in [3.63, 3.8) is 0 Å². The topological polar surface area (TPSA) is 49.3 Å². The summed E-state index contributed by atoms with van der Waals surface area (Å²) in [6.07, 6.45) is 2.23. The van der Waals surface area contributed by atoms with Gasteiger partial charge in [-0.25, -0.2) is 9.97 Å². The van der Waals surface area contributed by atoms with Crippen molar-refractivity contribution in [3.05, 3.63) is 47.2 Å². The monoisotopic (exact) mass is 412 g/mol. The van der Waals surface area contributed by atoms with Crippen LogP contribution in [0.15, 0.2) is 35.5 Å². The van der Waals surface area contributed by atoms with Gasteiger partial charge in [-0.1, -0.05) is 37.7 Å². The number of aromatic nitrogens is 2. The Hall–Kier alpha value is -2.08. The SMILES string of the molecule is CCN(CC)c1cc(C(C)C)nc(SCc2ccc(C(=O)N3CCCC3)cc2)n1. The lowest BCUT2D eigenvalue weighted by atomic mass is 10.1. The highest BCUT2D eigenvalue weighted by Gasteiger charge is 2.19. The third kappa shape index (κ3) is 5.50. The number of benzene rings is 1. The first kappa shape index (κ1) is 21.6. The number of anilines is 1. The molecule has 0 radical (unpaired) electrons. The fourth-order valence-corrected chi connectivity index (χ4v) is 4.31. The predicted molar refractivity (Wildman–Crippen MR) is 121 cm³/mol. The first-order chi connectivity index (χ1) is 14.0. The van der Waals surface area contributed by atoms with Crippen LogP contribution in [0, 0.1) is 0 Å². The van der Waals surface area contributed by atoms with Crippen molar-refractivity contribution in [1.82, 2.24) is 14.9 Å². The molecule has 6 heteroatoms. The molecule has 5 nitrogen and oxygen atoms in total. The molecule has 0 N–H and O–H groups in total. The van der Waals surface area contributed by atoms with Gasteiger partial charge in [-0.3, -0.25) is 4.79 Å². The van der Waals surface area contributed by atoms with Gasteiger partial charge in [0.25, 0.3) is 5.91 Å². The van der Waals surface area contributed by atoms with E-state index in [0.717, 1.165) is 67.0 Å². The third-order valence-electron chi connectivity index (χ3n) is 5.35. The normalized spacial score (nSPS) is 13.9. The Labute approximate surface area is 178 Å². The Morgan fingerprint density at radius 1 is 1.10 bits per heavy atom. The molecule has 2 aromatic rings. The molecule has 2 heterocycles. The third-order valence-corrected chi connectivity index (χ3v) is 6.27. The van der Waals surface area contributed by atoms with Crippen molar-refractivity contribution in [2.45, 2.75) is 57.4 Å². The number of nitrogens with zero attached hydrogens (tertiary/aromatic N) is 4. The van der Waals surface area contributed by atoms with Gasteiger partial charge in [0.15, 0.2) is 5.16 Å². The Morgan fingerprint density at radius 2 is 1.76 bits per heavy atom. The highest BCUT2D eigenvalue weighted by molar-refractivity contribution is 7.98. The van der Waals surface area contributed by atoms with Crippen molar-refractivity contribution in [3.8, 4) is 0 Å². The quantitative estimate of drug-likeness (QED) is 0.452. The molecule has 0 saturated carbocycles. The summed E-state index contributed by atoms with van der Waals surface area (Å²) in [5.74, 6) is 2.31. The predicted octanol–water partition coefficient (Wildman–Crippen LogP) is 4.97. The van der Waals surface area contributed by atoms with E-state index in [1.54, 1.807) is 11.8 Å². The number of likely N-dealkylation sites (tertiary alicyclic amines) is 1. The van der Waals surface area contributed by atoms with Crippen molar-refractivity contribution < 1.29 is 4.79 Å². The van der Waals surface area contributed by atoms with Crippen LogP contribution in [0.2, 0.25) is 0 Å². The van der Waals surface area contributed by atoms with Crippen LogP contribution in [0.5, 0.6) is 0 Å². The zero-order chi connectivity index (χ0) is 20.8. The van der Waals surface area contributed by atoms with E-state index < -0.39 is 0 Å². The first-order valence-corrected chi connectivity index (χ1v) is 11.6. The summed E-state index contributed by atoms with van der Waals surface area (Å²) < 4.78 is 0. The maximum absolute atomic E-state index is 12.5. The molecule has 29 heavy (non-hydrogen) atoms. The lowest BCUT2D eigenvalue weighted by Crippen LogP contribution is -2.27. The van der Waals surface area contributed by atoms with Crippen LogP contribution in [-0.2, 0) is 5.75 Å². The van der Waals surface area contributed by atoms with Crippen molar-refractivity contribution in [2.24, 2.45) is 0 Å². The number of hydrogen-bond donors (Lipinski definition) is 0. The Balaban J connectivity index is 1.69. The van der Waals surface area contributed by atoms with Gasteiger partial charge in [-0.05, 0) is 50.3 Å². The zero-order valence-electron chi connectivity index (χ0n) is 18.0. The van der Waals surface area contributed by atoms with E-state index >= 15 is 0 Å². The van der Waals surface area contributed by atoms with Crippen LogP contribution >= 0.6 is 11.8 Å². The maximum Gasteiger partial charge on any atom is 0.253 e. The molecule has 1 aliphatic heterocycles. The van der Waals surface area contributed by atoms with Crippen LogP contribution < -0.4 is 4.90 Å². The van der Waals surface area contributed by atoms with Gasteiger partial charge in [-0.15, -0.1) is 0 Å². The van der Waals surface area contributed by atoms with Crippen LogP contribution in [0.3, 0.4) is 0 Å². The molecule has 0 spiro atoms. The van der Waals surface area contributed by atoms with Gasteiger partial charge < -0.3 is 9.80 Å². The van der Waals surface area contributed by atoms with E-state index in [4.69, 9.17) is 9.97 Å². The van der Waals surface area contributed by atoms with Gasteiger partial charge in [0.2, 0.25) is 0 Å². The van der Waals surface area contributed by atoms with E-state index in [1.807, 2.05) is 29.2 Å². The lowest BCUT2D eigenvalue weighted by molar-refractivity contribution is 0.0793. The molecule has 3 rings (SSSR count). The fourth-order valence-electron chi connectivity index (χ4n) is 3.49. The van der Waals surface area contributed by atoms with Crippen molar-refractivity contribution in [1.29, 1.82) is 0 Å². The summed E-state index contributed by atoms with van der Waals surface area (Å²) in [7, 11) is 0. The minimum atomic E-state index is 0.151. The largest absolute Gasteiger partial charge is 0.357 e. The second kappa shape index (κ2) is 10.1. The number of thioether (sulfide) groups is 1. The molecule has 1 saturated heterocycles. The molecule has 1 fully saturated rings. The Morgan fingerprint density at radius 3 is 2.34 bits per heavy atom. The number of rotatable bonds is 8. The number of hydrogen-bond acceptors (Lipinski definition) is 5. The number of carbonyl (C=O) groups is 1. The van der Waals surface area contributed by atoms with E-state index in [2.05, 4.69) is 38.7 Å². The molecule has 1 amide bonds. The molecule has 156 valence electrons. The summed E-state index contributed by atoms with van der Waals surface area (Å²) in [6.45, 7) is 12.3. The van der Waals surface area contributed by atoms with Crippen molar-refractivity contribution >= 4 is 23.5 Å². The first-order valence-electron chi connectivity index (χ1n) is 10.7. The Kier molecular flexibility index (Phi) is 7.53. The summed E-state index contributed by atoms with van der Waals surface area (Å²) in [5.41, 5.74) is 3.04. The average Bonchev–Trinajstić information content (AvgIpc) is 3.28. The van der Waals surface area contributed by atoms with Gasteiger partial charge in [-0.2, -0.15) is 0 Å². The van der Waals surface area contributed by atoms with E-state index in [1.165, 1.54) is 5.56 Å². The van der Waals surface area contributed by atoms with Gasteiger partial charge in [0, 0.05) is 49.3 Å². The summed E-state index contributed by atoms with van der Waals surface area (Å²) >= 11 is 1.65. The molecule has 1 aromatic carbocycles. The highest BCUT2D eigenvalue weighted by atomic mass is 32.2. The van der Waals surface area contributed by atoms with Crippen LogP contribution in [0.4, 0.5) is 5.82 Å². The molecule has 0 bridgehead atoms. The van der Waals surface area contributed by atoms with E-state index in [9.17, 15) is 4.79 Å². The van der Waals surface area contributed by atoms with Gasteiger partial charge in [0.1, 0.15) is 5.82 Å². The van der Waals surface area contributed by atoms with Gasteiger partial charge >= 0.3 is 0 Å². The zero-order valence-corrected chi connectivity index (χ0v) is 18.8. The molecule has 1 aliphatic rings. The standard InChI is InChI=1S/C23H32N4OS/c1-5-26(6-2)21-15-20(17(3)4)24-23(25-21)29-16-18-9-11-19(12-10-18)22(28)27-13-7-8-14-27/h9-12,15,17H,5-8,13-14,16H2,1-4H3. The summed E-state index contributed by atoms with van der Waals surface area (Å²) in [5, 5.41) is 0.815. The van der Waals surface area contributed by atoms with E-state index in [0.29, 0.717) is 5.92 Å². The number of carbonyl (C=O) groups excluding carboxylic acids is 1. The molecule has 0 aliphatic carbocycles. The average molecular weight is 413 g/mol. The Bertz CT molecular complexity index is 812. The molecule has 1 aromatic heterocycles. The second-order valence-corrected chi connectivity index (χ2v) is 8.69. The summed E-state index contributed by atoms with van der Waals surface area (Å²) in [4.78, 5) is 26.3. The molecular formula is C23H32N4OS. The fraction of sp³-hybridized carbons (Fsp3) is 0.522. The number of amides is 1. The summed E-state index contributed by atoms with van der Waals surface area (Å²) in [6, 6.07) is 10.1. The van der Waals surface area contributed by atoms with Crippen LogP contribution in [-0.4, -0.2) is 47.0 Å². The smallest absolute Gasteiger partial charge is 0.253 e. The highest BCUT2D eigenvalue weighted by Crippen LogP contribution is 2.26. The maximum atomic E-state index is 12.5. The molecule has 0 unspecified atom stereocenters. The van der Waals surface area contributed by atoms with E-state index in [-0.39, 0.29) is 5.91 Å². The minimum absolute atomic E-state index is 0.151. The van der Waals surface area contributed by atoms with Crippen LogP contribution in [0.25, 0.3) is 0 Å². The lowest BCUT2D eigenvalue weighted by Gasteiger charge is -2.21. The minimum Gasteiger partial charge on any atom is -0.357 e. The molecular weight excluding hydrogens is 380 g/mol. The van der Waals surface area contributed by atoms with Gasteiger partial charge in [0.05, 0.1) is 0 Å².